The van der Waals surface area contributed by atoms with Crippen LogP contribution in [0.5, 0.6) is 11.5 Å². The van der Waals surface area contributed by atoms with E-state index in [2.05, 4.69) is 28.7 Å². The van der Waals surface area contributed by atoms with Gasteiger partial charge in [-0.15, -0.1) is 11.3 Å². The number of phenols is 1. The number of amides is 2. The molecule has 15 heteroatoms. The lowest BCUT2D eigenvalue weighted by atomic mass is 9.89. The number of Topliss-reactive ketones (excluding diaryl/α,β-unsaturated/α-hetero) is 1. The molecule has 284 valence electrons. The standard InChI is InChI=1S/C38H47N5O8S2/c1-24(2)33-39-28(22-52-33)34(46)42-17-19-50-38(23-42)12-14-41(15-13-38)16-18-49-26-8-6-25(7-9-26)20-43(36(48)51-37(3,4)5)21-30(45)27-10-11-29(44)31-32(27)53-35(47)40-31/h6-11,22,24,44H,12-21,23H2,1-5H3,(H,40,47). The van der Waals surface area contributed by atoms with Gasteiger partial charge in [-0.25, -0.2) is 9.78 Å². The molecule has 0 aliphatic carbocycles. The number of carbonyl (C=O) groups is 3. The molecule has 2 fully saturated rings. The van der Waals surface area contributed by atoms with E-state index >= 15 is 0 Å². The lowest BCUT2D eigenvalue weighted by Gasteiger charge is -2.47. The Morgan fingerprint density at radius 2 is 1.83 bits per heavy atom. The number of piperidine rings is 1. The molecule has 0 radical (unpaired) electrons. The molecular weight excluding hydrogens is 719 g/mol. The quantitative estimate of drug-likeness (QED) is 0.177. The van der Waals surface area contributed by atoms with Gasteiger partial charge in [-0.2, -0.15) is 0 Å². The molecule has 4 aromatic rings. The van der Waals surface area contributed by atoms with Crippen LogP contribution < -0.4 is 9.61 Å². The molecule has 0 bridgehead atoms. The summed E-state index contributed by atoms with van der Waals surface area (Å²) in [5.41, 5.74) is 0.612. The Hall–Kier alpha value is -4.31. The largest absolute Gasteiger partial charge is 0.506 e. The number of benzene rings is 2. The van der Waals surface area contributed by atoms with E-state index in [4.69, 9.17) is 14.2 Å². The molecule has 1 spiro atoms. The fourth-order valence-corrected chi connectivity index (χ4v) is 8.23. The summed E-state index contributed by atoms with van der Waals surface area (Å²) in [5.74, 6) is 0.438. The summed E-state index contributed by atoms with van der Waals surface area (Å²) in [6, 6.07) is 10.2. The number of rotatable bonds is 11. The average molecular weight is 766 g/mol. The lowest BCUT2D eigenvalue weighted by Crippen LogP contribution is -2.58. The molecule has 6 rings (SSSR count). The second-order valence-electron chi connectivity index (χ2n) is 14.9. The number of ketones is 1. The number of H-pyrrole nitrogens is 1. The van der Waals surface area contributed by atoms with Crippen molar-refractivity contribution in [2.45, 2.75) is 71.1 Å². The van der Waals surface area contributed by atoms with Crippen LogP contribution in [0.2, 0.25) is 0 Å². The Kier molecular flexibility index (Phi) is 11.6. The van der Waals surface area contributed by atoms with Gasteiger partial charge < -0.3 is 29.2 Å². The fraction of sp³-hybridized carbons (Fsp3) is 0.500. The number of nitrogens with zero attached hydrogens (tertiary/aromatic N) is 4. The number of hydrogen-bond acceptors (Lipinski definition) is 12. The van der Waals surface area contributed by atoms with Crippen molar-refractivity contribution in [1.29, 1.82) is 0 Å². The number of morpholine rings is 1. The number of aromatic hydroxyl groups is 1. The zero-order valence-corrected chi connectivity index (χ0v) is 32.4. The average Bonchev–Trinajstić information content (AvgIpc) is 3.77. The van der Waals surface area contributed by atoms with Crippen LogP contribution in [0.15, 0.2) is 46.6 Å². The highest BCUT2D eigenvalue weighted by Gasteiger charge is 2.41. The van der Waals surface area contributed by atoms with Crippen LogP contribution in [-0.2, 0) is 16.0 Å². The molecule has 2 N–H and O–H groups in total. The first-order valence-corrected chi connectivity index (χ1v) is 19.6. The molecule has 4 heterocycles. The van der Waals surface area contributed by atoms with Gasteiger partial charge in [-0.05, 0) is 63.4 Å². The summed E-state index contributed by atoms with van der Waals surface area (Å²) in [6.45, 7) is 13.8. The van der Waals surface area contributed by atoms with E-state index in [1.165, 1.54) is 28.4 Å². The monoisotopic (exact) mass is 765 g/mol. The summed E-state index contributed by atoms with van der Waals surface area (Å²) < 4.78 is 18.3. The van der Waals surface area contributed by atoms with Crippen molar-refractivity contribution in [3.63, 3.8) is 0 Å². The molecule has 13 nitrogen and oxygen atoms in total. The topological polar surface area (TPSA) is 155 Å². The minimum Gasteiger partial charge on any atom is -0.506 e. The number of nitrogens with one attached hydrogen (secondary N) is 1. The van der Waals surface area contributed by atoms with Crippen molar-refractivity contribution < 1.29 is 33.7 Å². The minimum absolute atomic E-state index is 0.0173. The predicted molar refractivity (Wildman–Crippen MR) is 203 cm³/mol. The first-order chi connectivity index (χ1) is 25.2. The van der Waals surface area contributed by atoms with Gasteiger partial charge in [0.25, 0.3) is 5.91 Å². The maximum atomic E-state index is 13.5. The number of fused-ring (bicyclic) bond motifs is 1. The Morgan fingerprint density at radius 3 is 2.51 bits per heavy atom. The van der Waals surface area contributed by atoms with Crippen molar-refractivity contribution in [2.24, 2.45) is 0 Å². The van der Waals surface area contributed by atoms with Crippen LogP contribution in [0.1, 0.15) is 84.8 Å². The zero-order chi connectivity index (χ0) is 37.9. The molecular formula is C38H47N5O8S2. The zero-order valence-electron chi connectivity index (χ0n) is 30.8. The first kappa shape index (κ1) is 38.4. The Balaban J connectivity index is 1.00. The molecule has 2 aliphatic heterocycles. The Morgan fingerprint density at radius 1 is 1.09 bits per heavy atom. The van der Waals surface area contributed by atoms with Crippen molar-refractivity contribution in [2.75, 3.05) is 52.5 Å². The van der Waals surface area contributed by atoms with E-state index in [0.29, 0.717) is 48.4 Å². The summed E-state index contributed by atoms with van der Waals surface area (Å²) in [4.78, 5) is 64.2. The molecule has 53 heavy (non-hydrogen) atoms. The van der Waals surface area contributed by atoms with Gasteiger partial charge >= 0.3 is 11.0 Å². The molecule has 0 unspecified atom stereocenters. The van der Waals surface area contributed by atoms with E-state index < -0.39 is 22.4 Å². The molecule has 2 aromatic carbocycles. The van der Waals surface area contributed by atoms with Crippen LogP contribution in [-0.4, -0.2) is 111 Å². The summed E-state index contributed by atoms with van der Waals surface area (Å²) >= 11 is 2.37. The normalized spacial score (nSPS) is 16.3. The molecule has 2 aliphatic rings. The van der Waals surface area contributed by atoms with Gasteiger partial charge in [-0.3, -0.25) is 24.2 Å². The van der Waals surface area contributed by atoms with Crippen molar-refractivity contribution in [3.8, 4) is 11.5 Å². The van der Waals surface area contributed by atoms with E-state index in [1.807, 2.05) is 34.5 Å². The third-order valence-electron chi connectivity index (χ3n) is 9.36. The van der Waals surface area contributed by atoms with Crippen molar-refractivity contribution in [1.82, 2.24) is 24.7 Å². The molecule has 2 amide bonds. The molecule has 2 saturated heterocycles. The minimum atomic E-state index is -0.778. The summed E-state index contributed by atoms with van der Waals surface area (Å²) in [6.07, 6.45) is 1.02. The van der Waals surface area contributed by atoms with E-state index in [-0.39, 0.29) is 41.4 Å². The molecule has 0 atom stereocenters. The highest BCUT2D eigenvalue weighted by Crippen LogP contribution is 2.32. The summed E-state index contributed by atoms with van der Waals surface area (Å²) in [5, 5.41) is 13.0. The number of aromatic amines is 1. The van der Waals surface area contributed by atoms with Crippen LogP contribution in [0.25, 0.3) is 10.2 Å². The van der Waals surface area contributed by atoms with Gasteiger partial charge in [0.15, 0.2) is 5.78 Å². The number of carbonyl (C=O) groups excluding carboxylic acids is 3. The van der Waals surface area contributed by atoms with Crippen molar-refractivity contribution in [3.05, 3.63) is 73.3 Å². The van der Waals surface area contributed by atoms with Gasteiger partial charge in [-0.1, -0.05) is 37.3 Å². The van der Waals surface area contributed by atoms with Crippen molar-refractivity contribution >= 4 is 50.7 Å². The number of ether oxygens (including phenoxy) is 3. The number of hydrogen-bond donors (Lipinski definition) is 2. The smallest absolute Gasteiger partial charge is 0.411 e. The van der Waals surface area contributed by atoms with Crippen LogP contribution in [0.4, 0.5) is 4.79 Å². The third-order valence-corrected chi connectivity index (χ3v) is 11.4. The SMILES string of the molecule is CC(C)c1nc(C(=O)N2CCOC3(CCN(CCOc4ccc(CN(CC(=O)c5ccc(O)c6[nH]c(=O)sc56)C(=O)OC(C)(C)C)cc4)CC3)C2)cs1. The molecule has 0 saturated carbocycles. The number of aromatic nitrogens is 2. The van der Waals surface area contributed by atoms with Gasteiger partial charge in [0, 0.05) is 49.6 Å². The maximum Gasteiger partial charge on any atom is 0.411 e. The number of thiazole rings is 2. The lowest BCUT2D eigenvalue weighted by molar-refractivity contribution is -0.127. The Labute approximate surface area is 316 Å². The highest BCUT2D eigenvalue weighted by atomic mass is 32.1. The first-order valence-electron chi connectivity index (χ1n) is 17.9. The van der Waals surface area contributed by atoms with Gasteiger partial charge in [0.1, 0.15) is 34.9 Å². The van der Waals surface area contributed by atoms with Crippen LogP contribution in [0.3, 0.4) is 0 Å². The predicted octanol–water partition coefficient (Wildman–Crippen LogP) is 5.88. The summed E-state index contributed by atoms with van der Waals surface area (Å²) in [7, 11) is 0. The van der Waals surface area contributed by atoms with Crippen LogP contribution >= 0.6 is 22.7 Å². The number of likely N-dealkylation sites (tertiary alicyclic amines) is 1. The van der Waals surface area contributed by atoms with Gasteiger partial charge in [0.05, 0.1) is 35.0 Å². The van der Waals surface area contributed by atoms with Gasteiger partial charge in [0.2, 0.25) is 0 Å². The number of phenolic OH excluding ortho intramolecular Hbond substituents is 1. The molecule has 2 aromatic heterocycles. The second-order valence-corrected chi connectivity index (χ2v) is 16.8. The van der Waals surface area contributed by atoms with Crippen LogP contribution in [0, 0.1) is 0 Å². The van der Waals surface area contributed by atoms with E-state index in [0.717, 1.165) is 54.4 Å². The Bertz CT molecular complexity index is 1990. The third kappa shape index (κ3) is 9.44. The highest BCUT2D eigenvalue weighted by molar-refractivity contribution is 7.16. The van der Waals surface area contributed by atoms with E-state index in [1.54, 1.807) is 20.8 Å². The second kappa shape index (κ2) is 16.0. The maximum absolute atomic E-state index is 13.5. The fourth-order valence-electron chi connectivity index (χ4n) is 6.53. The van der Waals surface area contributed by atoms with E-state index in [9.17, 15) is 24.3 Å².